The molecule has 7 nitrogen and oxygen atoms in total. The lowest BCUT2D eigenvalue weighted by Crippen LogP contribution is -2.29. The number of amides is 1. The molecule has 0 aliphatic carbocycles. The highest BCUT2D eigenvalue weighted by molar-refractivity contribution is 7.22. The van der Waals surface area contributed by atoms with E-state index < -0.39 is 17.7 Å². The molecule has 1 amide bonds. The average Bonchev–Trinajstić information content (AvgIpc) is 3.43. The van der Waals surface area contributed by atoms with E-state index in [2.05, 4.69) is 0 Å². The summed E-state index contributed by atoms with van der Waals surface area (Å²) in [6.07, 6.45) is 0. The monoisotopic (exact) mass is 514 g/mol. The second-order valence-electron chi connectivity index (χ2n) is 8.82. The van der Waals surface area contributed by atoms with Crippen molar-refractivity contribution in [1.82, 2.24) is 4.98 Å². The van der Waals surface area contributed by atoms with Crippen molar-refractivity contribution in [3.8, 4) is 11.5 Å². The summed E-state index contributed by atoms with van der Waals surface area (Å²) >= 11 is 1.35. The fourth-order valence-electron chi connectivity index (χ4n) is 4.62. The van der Waals surface area contributed by atoms with E-state index in [4.69, 9.17) is 14.5 Å². The normalized spacial score (nSPS) is 17.0. The Kier molecular flexibility index (Phi) is 6.43. The van der Waals surface area contributed by atoms with Gasteiger partial charge in [-0.15, -0.1) is 0 Å². The summed E-state index contributed by atoms with van der Waals surface area (Å²) in [5.41, 5.74) is 3.93. The van der Waals surface area contributed by atoms with Crippen LogP contribution in [0.4, 0.5) is 5.13 Å². The quantitative estimate of drug-likeness (QED) is 0.194. The largest absolute Gasteiger partial charge is 0.507 e. The van der Waals surface area contributed by atoms with Crippen LogP contribution in [0.5, 0.6) is 11.5 Å². The first-order valence-corrected chi connectivity index (χ1v) is 12.7. The molecule has 5 rings (SSSR count). The number of ketones is 1. The molecule has 1 aliphatic heterocycles. The van der Waals surface area contributed by atoms with Crippen LogP contribution in [0.25, 0.3) is 16.0 Å². The third-order valence-electron chi connectivity index (χ3n) is 6.34. The highest BCUT2D eigenvalue weighted by Crippen LogP contribution is 2.45. The van der Waals surface area contributed by atoms with Crippen LogP contribution in [0.15, 0.2) is 66.2 Å². The van der Waals surface area contributed by atoms with Gasteiger partial charge in [0.15, 0.2) is 5.13 Å². The minimum atomic E-state index is -0.861. The number of aromatic nitrogens is 1. The number of Topliss-reactive ketones (excluding diaryl/α,β-unsaturated/α-hetero) is 1. The van der Waals surface area contributed by atoms with E-state index in [0.29, 0.717) is 34.4 Å². The molecule has 0 spiro atoms. The summed E-state index contributed by atoms with van der Waals surface area (Å²) in [5, 5.41) is 11.7. The molecule has 1 N–H and O–H groups in total. The Hall–Kier alpha value is -4.17. The molecule has 1 fully saturated rings. The van der Waals surface area contributed by atoms with Crippen LogP contribution in [-0.4, -0.2) is 35.5 Å². The third kappa shape index (κ3) is 4.34. The van der Waals surface area contributed by atoms with Crippen LogP contribution in [0.1, 0.15) is 35.2 Å². The molecule has 1 saturated heterocycles. The number of anilines is 1. The molecule has 4 aromatic rings. The number of hydrogen-bond acceptors (Lipinski definition) is 7. The predicted octanol–water partition coefficient (Wildman–Crippen LogP) is 5.95. The first-order valence-electron chi connectivity index (χ1n) is 11.9. The molecular formula is C29H26N2O5S. The lowest BCUT2D eigenvalue weighted by molar-refractivity contribution is -0.132. The van der Waals surface area contributed by atoms with Gasteiger partial charge < -0.3 is 14.6 Å². The Morgan fingerprint density at radius 2 is 1.70 bits per heavy atom. The molecule has 188 valence electrons. The van der Waals surface area contributed by atoms with Crippen LogP contribution in [0.2, 0.25) is 0 Å². The topological polar surface area (TPSA) is 89.0 Å². The van der Waals surface area contributed by atoms with E-state index in [1.165, 1.54) is 16.2 Å². The van der Waals surface area contributed by atoms with Gasteiger partial charge in [-0.3, -0.25) is 14.5 Å². The zero-order valence-corrected chi connectivity index (χ0v) is 21.8. The number of aryl methyl sites for hydroxylation is 2. The lowest BCUT2D eigenvalue weighted by Gasteiger charge is -2.23. The van der Waals surface area contributed by atoms with Crippen molar-refractivity contribution in [3.63, 3.8) is 0 Å². The van der Waals surface area contributed by atoms with Crippen molar-refractivity contribution < 1.29 is 24.2 Å². The van der Waals surface area contributed by atoms with Crippen LogP contribution in [-0.2, 0) is 9.59 Å². The molecular weight excluding hydrogens is 488 g/mol. The fourth-order valence-corrected chi connectivity index (χ4v) is 5.79. The number of rotatable bonds is 6. The number of benzene rings is 3. The molecule has 0 bridgehead atoms. The lowest BCUT2D eigenvalue weighted by atomic mass is 9.95. The molecule has 3 aromatic carbocycles. The number of hydrogen-bond donors (Lipinski definition) is 1. The van der Waals surface area contributed by atoms with E-state index in [1.54, 1.807) is 55.6 Å². The number of aliphatic hydroxyl groups excluding tert-OH is 1. The van der Waals surface area contributed by atoms with Gasteiger partial charge in [-0.1, -0.05) is 29.5 Å². The number of aliphatic hydroxyl groups is 1. The van der Waals surface area contributed by atoms with E-state index in [9.17, 15) is 14.7 Å². The van der Waals surface area contributed by atoms with Gasteiger partial charge in [0, 0.05) is 5.56 Å². The van der Waals surface area contributed by atoms with Crippen molar-refractivity contribution in [3.05, 3.63) is 88.5 Å². The van der Waals surface area contributed by atoms with Crippen molar-refractivity contribution in [2.45, 2.75) is 26.8 Å². The summed E-state index contributed by atoms with van der Waals surface area (Å²) < 4.78 is 11.7. The zero-order valence-electron chi connectivity index (χ0n) is 20.9. The summed E-state index contributed by atoms with van der Waals surface area (Å²) in [4.78, 5) is 33.1. The Balaban J connectivity index is 1.70. The maximum atomic E-state index is 13.5. The Bertz CT molecular complexity index is 1540. The van der Waals surface area contributed by atoms with Crippen LogP contribution >= 0.6 is 11.3 Å². The maximum Gasteiger partial charge on any atom is 0.301 e. The van der Waals surface area contributed by atoms with Crippen LogP contribution in [0.3, 0.4) is 0 Å². The highest BCUT2D eigenvalue weighted by Gasteiger charge is 2.48. The average molecular weight is 515 g/mol. The predicted molar refractivity (Wildman–Crippen MR) is 144 cm³/mol. The van der Waals surface area contributed by atoms with Crippen molar-refractivity contribution in [1.29, 1.82) is 0 Å². The van der Waals surface area contributed by atoms with Gasteiger partial charge >= 0.3 is 5.91 Å². The molecule has 8 heteroatoms. The van der Waals surface area contributed by atoms with E-state index in [-0.39, 0.29) is 11.3 Å². The van der Waals surface area contributed by atoms with E-state index in [1.807, 2.05) is 32.9 Å². The summed E-state index contributed by atoms with van der Waals surface area (Å²) in [6, 6.07) is 17.1. The molecule has 1 aliphatic rings. The fraction of sp³-hybridized carbons (Fsp3) is 0.207. The van der Waals surface area contributed by atoms with E-state index in [0.717, 1.165) is 21.3 Å². The molecule has 2 heterocycles. The number of thiazole rings is 1. The van der Waals surface area contributed by atoms with Gasteiger partial charge in [-0.05, 0) is 79.9 Å². The first kappa shape index (κ1) is 24.5. The Labute approximate surface area is 218 Å². The van der Waals surface area contributed by atoms with Crippen LogP contribution in [0, 0.1) is 13.8 Å². The molecule has 1 unspecified atom stereocenters. The Morgan fingerprint density at radius 1 is 1.03 bits per heavy atom. The molecule has 0 saturated carbocycles. The number of fused-ring (bicyclic) bond motifs is 1. The van der Waals surface area contributed by atoms with Crippen molar-refractivity contribution in [2.24, 2.45) is 0 Å². The third-order valence-corrected chi connectivity index (χ3v) is 7.34. The van der Waals surface area contributed by atoms with Gasteiger partial charge in [-0.25, -0.2) is 4.98 Å². The molecule has 1 aromatic heterocycles. The second kappa shape index (κ2) is 9.71. The molecule has 37 heavy (non-hydrogen) atoms. The van der Waals surface area contributed by atoms with Gasteiger partial charge in [0.2, 0.25) is 0 Å². The second-order valence-corrected chi connectivity index (χ2v) is 9.83. The first-order chi connectivity index (χ1) is 17.8. The standard InChI is InChI=1S/C29H26N2O5S/c1-5-36-21-12-6-18(7-13-21)25-23(26(32)19-8-10-20(35-4)11-9-19)27(33)28(34)31(25)29-30-24-17(3)14-16(2)15-22(24)37-29/h6-15,25,32H,5H2,1-4H3/b26-23+. The molecule has 1 atom stereocenters. The number of carbonyl (C=O) groups excluding carboxylic acids is 2. The van der Waals surface area contributed by atoms with E-state index >= 15 is 0 Å². The number of methoxy groups -OCH3 is 1. The number of nitrogens with zero attached hydrogens (tertiary/aromatic N) is 2. The Morgan fingerprint density at radius 3 is 2.35 bits per heavy atom. The smallest absolute Gasteiger partial charge is 0.301 e. The van der Waals surface area contributed by atoms with Crippen molar-refractivity contribution >= 4 is 44.1 Å². The summed E-state index contributed by atoms with van der Waals surface area (Å²) in [6.45, 7) is 6.39. The van der Waals surface area contributed by atoms with Crippen LogP contribution < -0.4 is 14.4 Å². The van der Waals surface area contributed by atoms with Crippen molar-refractivity contribution in [2.75, 3.05) is 18.6 Å². The van der Waals surface area contributed by atoms with Gasteiger partial charge in [0.05, 0.1) is 35.5 Å². The van der Waals surface area contributed by atoms with Gasteiger partial charge in [0.25, 0.3) is 5.78 Å². The molecule has 0 radical (unpaired) electrons. The number of ether oxygens (including phenoxy) is 2. The summed E-state index contributed by atoms with van der Waals surface area (Å²) in [5.74, 6) is -0.470. The number of carbonyl (C=O) groups is 2. The zero-order chi connectivity index (χ0) is 26.3. The van der Waals surface area contributed by atoms with Gasteiger partial charge in [0.1, 0.15) is 17.3 Å². The summed E-state index contributed by atoms with van der Waals surface area (Å²) in [7, 11) is 1.55. The minimum absolute atomic E-state index is 0.00600. The highest BCUT2D eigenvalue weighted by atomic mass is 32.1. The SMILES string of the molecule is CCOc1ccc(C2/C(=C(\O)c3ccc(OC)cc3)C(=O)C(=O)N2c2nc3c(C)cc(C)cc3s2)cc1. The van der Waals surface area contributed by atoms with Gasteiger partial charge in [-0.2, -0.15) is 0 Å². The minimum Gasteiger partial charge on any atom is -0.507 e. The maximum absolute atomic E-state index is 13.5.